The minimum Gasteiger partial charge on any atom is -0.322 e. The van der Waals surface area contributed by atoms with E-state index in [-0.39, 0.29) is 6.04 Å². The van der Waals surface area contributed by atoms with Crippen molar-refractivity contribution in [2.24, 2.45) is 11.1 Å². The molecule has 2 N–H and O–H groups in total. The normalized spacial score (nSPS) is 28.9. The molecule has 0 aliphatic heterocycles. The Morgan fingerprint density at radius 2 is 2.33 bits per heavy atom. The molecular weight excluding hydrogens is 148 g/mol. The minimum atomic E-state index is 0.216. The summed E-state index contributed by atoms with van der Waals surface area (Å²) < 4.78 is 0. The fourth-order valence-electron chi connectivity index (χ4n) is 2.31. The Morgan fingerprint density at radius 1 is 1.50 bits per heavy atom. The molecule has 2 nitrogen and oxygen atoms in total. The number of fused-ring (bicyclic) bond motifs is 1. The van der Waals surface area contributed by atoms with Crippen LogP contribution in [0.5, 0.6) is 0 Å². The Bertz CT molecular complexity index is 328. The first-order valence-corrected chi connectivity index (χ1v) is 4.51. The van der Waals surface area contributed by atoms with Gasteiger partial charge in [-0.15, -0.1) is 0 Å². The van der Waals surface area contributed by atoms with Crippen LogP contribution in [-0.4, -0.2) is 4.98 Å². The number of hydrogen-bond donors (Lipinski definition) is 1. The smallest absolute Gasteiger partial charge is 0.0608 e. The van der Waals surface area contributed by atoms with Crippen LogP contribution in [0, 0.1) is 5.41 Å². The summed E-state index contributed by atoms with van der Waals surface area (Å²) in [6.07, 6.45) is 5.60. The first kappa shape index (κ1) is 6.61. The van der Waals surface area contributed by atoms with Gasteiger partial charge in [-0.25, -0.2) is 0 Å². The van der Waals surface area contributed by atoms with Gasteiger partial charge in [-0.3, -0.25) is 4.98 Å². The van der Waals surface area contributed by atoms with Crippen LogP contribution < -0.4 is 5.73 Å². The van der Waals surface area contributed by atoms with Crippen molar-refractivity contribution in [3.05, 3.63) is 29.6 Å². The highest BCUT2D eigenvalue weighted by molar-refractivity contribution is 5.35. The van der Waals surface area contributed by atoms with Gasteiger partial charge in [0, 0.05) is 6.20 Å². The van der Waals surface area contributed by atoms with Crippen molar-refractivity contribution in [1.82, 2.24) is 4.98 Å². The molecular formula is C10H12N2. The predicted octanol–water partition coefficient (Wildman–Crippen LogP) is 1.42. The second kappa shape index (κ2) is 1.88. The maximum Gasteiger partial charge on any atom is 0.0608 e. The summed E-state index contributed by atoms with van der Waals surface area (Å²) in [6, 6.07) is 4.39. The highest BCUT2D eigenvalue weighted by atomic mass is 14.9. The third kappa shape index (κ3) is 0.661. The van der Waals surface area contributed by atoms with E-state index in [2.05, 4.69) is 11.1 Å². The maximum absolute atomic E-state index is 6.12. The molecule has 1 unspecified atom stereocenters. The van der Waals surface area contributed by atoms with Crippen LogP contribution in [0.1, 0.15) is 30.1 Å². The van der Waals surface area contributed by atoms with Gasteiger partial charge in [-0.1, -0.05) is 6.07 Å². The molecule has 2 aliphatic carbocycles. The van der Waals surface area contributed by atoms with Gasteiger partial charge < -0.3 is 5.73 Å². The second-order valence-corrected chi connectivity index (χ2v) is 4.06. The predicted molar refractivity (Wildman–Crippen MR) is 46.5 cm³/mol. The first-order chi connectivity index (χ1) is 5.82. The highest BCUT2D eigenvalue weighted by Gasteiger charge is 2.53. The first-order valence-electron chi connectivity index (χ1n) is 4.51. The zero-order chi connectivity index (χ0) is 8.18. The highest BCUT2D eigenvalue weighted by Crippen LogP contribution is 2.60. The third-order valence-corrected chi connectivity index (χ3v) is 3.32. The number of nitrogens with two attached hydrogens (primary N) is 1. The van der Waals surface area contributed by atoms with E-state index in [1.807, 2.05) is 12.3 Å². The van der Waals surface area contributed by atoms with Crippen LogP contribution in [0.4, 0.5) is 0 Å². The lowest BCUT2D eigenvalue weighted by molar-refractivity contribution is 0.441. The fourth-order valence-corrected chi connectivity index (χ4v) is 2.31. The van der Waals surface area contributed by atoms with E-state index in [4.69, 9.17) is 5.73 Å². The molecule has 1 fully saturated rings. The summed E-state index contributed by atoms with van der Waals surface area (Å²) in [7, 11) is 0. The lowest BCUT2D eigenvalue weighted by Crippen LogP contribution is -2.18. The Hall–Kier alpha value is -0.890. The standard InChI is InChI=1S/C10H12N2/c11-9-8-7(2-1-5-12-8)6-10(9)3-4-10/h1-2,5,9H,3-4,6,11H2. The fraction of sp³-hybridized carbons (Fsp3) is 0.500. The summed E-state index contributed by atoms with van der Waals surface area (Å²) in [5, 5.41) is 0. The average Bonchev–Trinajstić information content (AvgIpc) is 2.79. The lowest BCUT2D eigenvalue weighted by atomic mass is 10.0. The number of rotatable bonds is 0. The molecule has 1 heterocycles. The maximum atomic E-state index is 6.12. The SMILES string of the molecule is NC1c2ncccc2CC12CC2. The van der Waals surface area contributed by atoms with Crippen molar-refractivity contribution in [2.45, 2.75) is 25.3 Å². The second-order valence-electron chi connectivity index (χ2n) is 4.06. The van der Waals surface area contributed by atoms with E-state index in [1.54, 1.807) is 0 Å². The van der Waals surface area contributed by atoms with Crippen LogP contribution in [0.25, 0.3) is 0 Å². The Balaban J connectivity index is 2.13. The molecule has 12 heavy (non-hydrogen) atoms. The molecule has 0 radical (unpaired) electrons. The number of nitrogens with zero attached hydrogens (tertiary/aromatic N) is 1. The van der Waals surface area contributed by atoms with Crippen LogP contribution in [0.3, 0.4) is 0 Å². The number of hydrogen-bond acceptors (Lipinski definition) is 2. The van der Waals surface area contributed by atoms with Crippen LogP contribution in [0.15, 0.2) is 18.3 Å². The third-order valence-electron chi connectivity index (χ3n) is 3.32. The van der Waals surface area contributed by atoms with Crippen molar-refractivity contribution < 1.29 is 0 Å². The zero-order valence-electron chi connectivity index (χ0n) is 6.96. The summed E-state index contributed by atoms with van der Waals surface area (Å²) in [5.41, 5.74) is 9.08. The van der Waals surface area contributed by atoms with E-state index in [9.17, 15) is 0 Å². The van der Waals surface area contributed by atoms with Gasteiger partial charge in [0.25, 0.3) is 0 Å². The lowest BCUT2D eigenvalue weighted by Gasteiger charge is -2.11. The quantitative estimate of drug-likeness (QED) is 0.623. The van der Waals surface area contributed by atoms with Crippen molar-refractivity contribution in [1.29, 1.82) is 0 Å². The minimum absolute atomic E-state index is 0.216. The molecule has 1 aromatic rings. The Morgan fingerprint density at radius 3 is 3.00 bits per heavy atom. The van der Waals surface area contributed by atoms with Gasteiger partial charge >= 0.3 is 0 Å². The summed E-state index contributed by atoms with van der Waals surface area (Å²) in [5.74, 6) is 0. The van der Waals surface area contributed by atoms with E-state index in [1.165, 1.54) is 18.4 Å². The molecule has 62 valence electrons. The van der Waals surface area contributed by atoms with E-state index < -0.39 is 0 Å². The molecule has 0 saturated heterocycles. The number of aromatic nitrogens is 1. The van der Waals surface area contributed by atoms with Crippen molar-refractivity contribution in [3.8, 4) is 0 Å². The van der Waals surface area contributed by atoms with E-state index in [0.717, 1.165) is 12.1 Å². The van der Waals surface area contributed by atoms with E-state index in [0.29, 0.717) is 5.41 Å². The molecule has 3 rings (SSSR count). The molecule has 2 heteroatoms. The van der Waals surface area contributed by atoms with Gasteiger partial charge in [-0.05, 0) is 36.3 Å². The molecule has 1 aromatic heterocycles. The van der Waals surface area contributed by atoms with Gasteiger partial charge in [0.2, 0.25) is 0 Å². The average molecular weight is 160 g/mol. The van der Waals surface area contributed by atoms with Gasteiger partial charge in [0.05, 0.1) is 11.7 Å². The molecule has 2 aliphatic rings. The van der Waals surface area contributed by atoms with Crippen molar-refractivity contribution >= 4 is 0 Å². The zero-order valence-corrected chi connectivity index (χ0v) is 6.96. The summed E-state index contributed by atoms with van der Waals surface area (Å²) in [6.45, 7) is 0. The molecule has 1 saturated carbocycles. The van der Waals surface area contributed by atoms with Gasteiger partial charge in [-0.2, -0.15) is 0 Å². The van der Waals surface area contributed by atoms with E-state index >= 15 is 0 Å². The molecule has 0 bridgehead atoms. The summed E-state index contributed by atoms with van der Waals surface area (Å²) in [4.78, 5) is 4.35. The Kier molecular flexibility index (Phi) is 1.04. The van der Waals surface area contributed by atoms with Crippen LogP contribution >= 0.6 is 0 Å². The van der Waals surface area contributed by atoms with Gasteiger partial charge in [0.15, 0.2) is 0 Å². The van der Waals surface area contributed by atoms with Crippen molar-refractivity contribution in [3.63, 3.8) is 0 Å². The largest absolute Gasteiger partial charge is 0.322 e. The monoisotopic (exact) mass is 160 g/mol. The topological polar surface area (TPSA) is 38.9 Å². The Labute approximate surface area is 71.8 Å². The van der Waals surface area contributed by atoms with Crippen LogP contribution in [0.2, 0.25) is 0 Å². The van der Waals surface area contributed by atoms with Crippen molar-refractivity contribution in [2.75, 3.05) is 0 Å². The van der Waals surface area contributed by atoms with Crippen LogP contribution in [-0.2, 0) is 6.42 Å². The summed E-state index contributed by atoms with van der Waals surface area (Å²) >= 11 is 0. The number of pyridine rings is 1. The molecule has 0 amide bonds. The van der Waals surface area contributed by atoms with Gasteiger partial charge in [0.1, 0.15) is 0 Å². The molecule has 1 spiro atoms. The molecule has 1 atom stereocenters. The molecule has 0 aromatic carbocycles.